The molecule has 0 atom stereocenters. The number of hydrogen-bond acceptors (Lipinski definition) is 5. The van der Waals surface area contributed by atoms with Crippen molar-refractivity contribution >= 4 is 10.1 Å². The average Bonchev–Trinajstić information content (AvgIpc) is 2.01. The van der Waals surface area contributed by atoms with Crippen molar-refractivity contribution < 1.29 is 12.6 Å². The molecule has 1 aromatic rings. The lowest BCUT2D eigenvalue weighted by molar-refractivity contribution is 0.324. The predicted octanol–water partition coefficient (Wildman–Crippen LogP) is 0.304. The normalized spacial score (nSPS) is 11.6. The SMILES string of the molecule is Cc1cncc(CCOS(C)(=O)=O)n1. The maximum absolute atomic E-state index is 10.6. The van der Waals surface area contributed by atoms with E-state index in [1.807, 2.05) is 6.92 Å². The van der Waals surface area contributed by atoms with Crippen LogP contribution in [0.4, 0.5) is 0 Å². The Balaban J connectivity index is 2.47. The molecular formula is C8H12N2O3S. The highest BCUT2D eigenvalue weighted by Crippen LogP contribution is 1.97. The highest BCUT2D eigenvalue weighted by Gasteiger charge is 2.02. The van der Waals surface area contributed by atoms with Gasteiger partial charge in [0.25, 0.3) is 10.1 Å². The van der Waals surface area contributed by atoms with E-state index in [-0.39, 0.29) is 6.61 Å². The molecule has 0 saturated heterocycles. The Morgan fingerprint density at radius 1 is 1.43 bits per heavy atom. The van der Waals surface area contributed by atoms with E-state index in [4.69, 9.17) is 0 Å². The van der Waals surface area contributed by atoms with Crippen molar-refractivity contribution in [2.75, 3.05) is 12.9 Å². The van der Waals surface area contributed by atoms with E-state index in [2.05, 4.69) is 14.2 Å². The average molecular weight is 216 g/mol. The maximum atomic E-state index is 10.6. The molecule has 1 aromatic heterocycles. The van der Waals surface area contributed by atoms with Crippen LogP contribution in [0.2, 0.25) is 0 Å². The fourth-order valence-electron chi connectivity index (χ4n) is 0.933. The van der Waals surface area contributed by atoms with Gasteiger partial charge >= 0.3 is 0 Å². The van der Waals surface area contributed by atoms with Gasteiger partial charge in [0.05, 0.1) is 24.3 Å². The van der Waals surface area contributed by atoms with E-state index in [0.717, 1.165) is 17.6 Å². The van der Waals surface area contributed by atoms with Crippen molar-refractivity contribution in [3.8, 4) is 0 Å². The smallest absolute Gasteiger partial charge is 0.264 e. The molecule has 0 N–H and O–H groups in total. The Labute approximate surface area is 83.3 Å². The quantitative estimate of drug-likeness (QED) is 0.677. The molecule has 0 saturated carbocycles. The van der Waals surface area contributed by atoms with Gasteiger partial charge in [0.15, 0.2) is 0 Å². The molecule has 0 aliphatic heterocycles. The fourth-order valence-corrected chi connectivity index (χ4v) is 1.32. The largest absolute Gasteiger partial charge is 0.270 e. The van der Waals surface area contributed by atoms with Gasteiger partial charge in [0.2, 0.25) is 0 Å². The fraction of sp³-hybridized carbons (Fsp3) is 0.500. The molecule has 0 aromatic carbocycles. The van der Waals surface area contributed by atoms with Crippen LogP contribution < -0.4 is 0 Å². The first-order valence-electron chi connectivity index (χ1n) is 4.09. The second kappa shape index (κ2) is 4.47. The molecule has 0 bridgehead atoms. The minimum atomic E-state index is -3.35. The highest BCUT2D eigenvalue weighted by atomic mass is 32.2. The van der Waals surface area contributed by atoms with Crippen molar-refractivity contribution in [1.82, 2.24) is 9.97 Å². The molecule has 78 valence electrons. The lowest BCUT2D eigenvalue weighted by Crippen LogP contribution is -2.07. The maximum Gasteiger partial charge on any atom is 0.264 e. The first-order valence-corrected chi connectivity index (χ1v) is 5.91. The Kier molecular flexibility index (Phi) is 3.54. The van der Waals surface area contributed by atoms with Gasteiger partial charge in [0.1, 0.15) is 0 Å². The molecule has 5 nitrogen and oxygen atoms in total. The second-order valence-corrected chi connectivity index (χ2v) is 4.57. The molecule has 0 amide bonds. The van der Waals surface area contributed by atoms with Crippen molar-refractivity contribution in [1.29, 1.82) is 0 Å². The standard InChI is InChI=1S/C8H12N2O3S/c1-7-5-9-6-8(10-7)3-4-13-14(2,11)12/h5-6H,3-4H2,1-2H3. The number of rotatable bonds is 4. The van der Waals surface area contributed by atoms with Crippen LogP contribution in [0.3, 0.4) is 0 Å². The highest BCUT2D eigenvalue weighted by molar-refractivity contribution is 7.85. The van der Waals surface area contributed by atoms with Crippen LogP contribution in [-0.2, 0) is 20.7 Å². The van der Waals surface area contributed by atoms with Crippen molar-refractivity contribution in [3.63, 3.8) is 0 Å². The van der Waals surface area contributed by atoms with E-state index in [9.17, 15) is 8.42 Å². The molecule has 0 aliphatic rings. The molecule has 1 rings (SSSR count). The lowest BCUT2D eigenvalue weighted by atomic mass is 10.3. The lowest BCUT2D eigenvalue weighted by Gasteiger charge is -2.01. The first-order chi connectivity index (χ1) is 6.47. The van der Waals surface area contributed by atoms with Gasteiger partial charge in [0, 0.05) is 18.8 Å². The van der Waals surface area contributed by atoms with E-state index >= 15 is 0 Å². The van der Waals surface area contributed by atoms with Crippen molar-refractivity contribution in [3.05, 3.63) is 23.8 Å². The minimum Gasteiger partial charge on any atom is -0.270 e. The van der Waals surface area contributed by atoms with Crippen LogP contribution in [0, 0.1) is 6.92 Å². The molecule has 0 aliphatic carbocycles. The number of aromatic nitrogens is 2. The molecule has 1 heterocycles. The predicted molar refractivity (Wildman–Crippen MR) is 51.3 cm³/mol. The van der Waals surface area contributed by atoms with Gasteiger partial charge in [-0.1, -0.05) is 0 Å². The number of hydrogen-bond donors (Lipinski definition) is 0. The summed E-state index contributed by atoms with van der Waals surface area (Å²) in [6, 6.07) is 0. The molecular weight excluding hydrogens is 204 g/mol. The van der Waals surface area contributed by atoms with Gasteiger partial charge in [-0.25, -0.2) is 0 Å². The summed E-state index contributed by atoms with van der Waals surface area (Å²) < 4.78 is 25.8. The van der Waals surface area contributed by atoms with Gasteiger partial charge in [-0.2, -0.15) is 8.42 Å². The summed E-state index contributed by atoms with van der Waals surface area (Å²) in [5.41, 5.74) is 1.54. The van der Waals surface area contributed by atoms with Gasteiger partial charge in [-0.3, -0.25) is 14.2 Å². The molecule has 0 spiro atoms. The summed E-state index contributed by atoms with van der Waals surface area (Å²) in [5, 5.41) is 0. The number of nitrogens with zero attached hydrogens (tertiary/aromatic N) is 2. The van der Waals surface area contributed by atoms with Crippen LogP contribution in [-0.4, -0.2) is 31.2 Å². The van der Waals surface area contributed by atoms with Crippen LogP contribution in [0.5, 0.6) is 0 Å². The monoisotopic (exact) mass is 216 g/mol. The summed E-state index contributed by atoms with van der Waals surface area (Å²) in [7, 11) is -3.35. The molecule has 0 fully saturated rings. The van der Waals surface area contributed by atoms with Gasteiger partial charge < -0.3 is 0 Å². The summed E-state index contributed by atoms with van der Waals surface area (Å²) in [5.74, 6) is 0. The third kappa shape index (κ3) is 4.29. The van der Waals surface area contributed by atoms with Crippen molar-refractivity contribution in [2.45, 2.75) is 13.3 Å². The van der Waals surface area contributed by atoms with E-state index < -0.39 is 10.1 Å². The summed E-state index contributed by atoms with van der Waals surface area (Å²) in [6.07, 6.45) is 4.70. The molecule has 14 heavy (non-hydrogen) atoms. The van der Waals surface area contributed by atoms with Crippen molar-refractivity contribution in [2.24, 2.45) is 0 Å². The Hall–Kier alpha value is -1.01. The Morgan fingerprint density at radius 3 is 2.71 bits per heavy atom. The van der Waals surface area contributed by atoms with E-state index in [0.29, 0.717) is 6.42 Å². The van der Waals surface area contributed by atoms with Gasteiger partial charge in [-0.15, -0.1) is 0 Å². The zero-order chi connectivity index (χ0) is 10.6. The summed E-state index contributed by atoms with van der Waals surface area (Å²) in [6.45, 7) is 1.94. The number of aryl methyl sites for hydroxylation is 1. The molecule has 0 unspecified atom stereocenters. The third-order valence-electron chi connectivity index (χ3n) is 1.46. The first kappa shape index (κ1) is 11.1. The summed E-state index contributed by atoms with van der Waals surface area (Å²) >= 11 is 0. The topological polar surface area (TPSA) is 69.2 Å². The molecule has 0 radical (unpaired) electrons. The molecule has 6 heteroatoms. The Morgan fingerprint density at radius 2 is 2.14 bits per heavy atom. The van der Waals surface area contributed by atoms with Gasteiger partial charge in [-0.05, 0) is 6.92 Å². The van der Waals surface area contributed by atoms with Crippen LogP contribution in [0.15, 0.2) is 12.4 Å². The van der Waals surface area contributed by atoms with Crippen LogP contribution >= 0.6 is 0 Å². The van der Waals surface area contributed by atoms with E-state index in [1.54, 1.807) is 12.4 Å². The zero-order valence-electron chi connectivity index (χ0n) is 8.10. The minimum absolute atomic E-state index is 0.108. The zero-order valence-corrected chi connectivity index (χ0v) is 8.91. The third-order valence-corrected chi connectivity index (χ3v) is 2.06. The van der Waals surface area contributed by atoms with Crippen LogP contribution in [0.1, 0.15) is 11.4 Å². The summed E-state index contributed by atoms with van der Waals surface area (Å²) in [4.78, 5) is 8.09. The second-order valence-electron chi connectivity index (χ2n) is 2.93. The van der Waals surface area contributed by atoms with E-state index in [1.165, 1.54) is 0 Å². The Bertz CT molecular complexity index is 403. The van der Waals surface area contributed by atoms with Crippen LogP contribution in [0.25, 0.3) is 0 Å².